The molecule has 2 fully saturated rings. The fourth-order valence-corrected chi connectivity index (χ4v) is 5.78. The maximum atomic E-state index is 13.5. The number of benzene rings is 1. The van der Waals surface area contributed by atoms with Gasteiger partial charge in [0.15, 0.2) is 17.3 Å². The third kappa shape index (κ3) is 4.40. The molecular weight excluding hydrogens is 475 g/mol. The van der Waals surface area contributed by atoms with Crippen LogP contribution in [-0.2, 0) is 18.6 Å². The van der Waals surface area contributed by atoms with Crippen molar-refractivity contribution >= 4 is 24.2 Å². The van der Waals surface area contributed by atoms with Crippen molar-refractivity contribution in [2.45, 2.75) is 36.5 Å². The first kappa shape index (κ1) is 24.1. The van der Waals surface area contributed by atoms with Gasteiger partial charge in [-0.3, -0.25) is 0 Å². The van der Waals surface area contributed by atoms with Gasteiger partial charge in [0.25, 0.3) is 0 Å². The van der Waals surface area contributed by atoms with E-state index in [0.29, 0.717) is 29.6 Å². The first-order chi connectivity index (χ1) is 15.3. The summed E-state index contributed by atoms with van der Waals surface area (Å²) in [4.78, 5) is 6.40. The smallest absolute Gasteiger partial charge is 0.416 e. The second kappa shape index (κ2) is 8.96. The van der Waals surface area contributed by atoms with E-state index in [-0.39, 0.29) is 17.8 Å². The van der Waals surface area contributed by atoms with E-state index in [9.17, 15) is 13.2 Å². The molecule has 0 radical (unpaired) electrons. The first-order valence-electron chi connectivity index (χ1n) is 10.6. The van der Waals surface area contributed by atoms with Crippen LogP contribution in [0.3, 0.4) is 0 Å². The molecule has 3 heterocycles. The largest absolute Gasteiger partial charge is 0.440 e. The van der Waals surface area contributed by atoms with Crippen molar-refractivity contribution in [3.8, 4) is 11.6 Å². The zero-order chi connectivity index (χ0) is 22.5. The topological polar surface area (TPSA) is 60.0 Å². The number of thioether (sulfide) groups is 1. The summed E-state index contributed by atoms with van der Waals surface area (Å²) < 4.78 is 47.8. The van der Waals surface area contributed by atoms with Gasteiger partial charge in [0, 0.05) is 31.3 Å². The molecule has 0 spiro atoms. The molecule has 33 heavy (non-hydrogen) atoms. The monoisotopic (exact) mass is 499 g/mol. The summed E-state index contributed by atoms with van der Waals surface area (Å²) >= 11 is 1.62. The molecule has 1 aliphatic carbocycles. The van der Waals surface area contributed by atoms with E-state index in [2.05, 4.69) is 20.1 Å². The van der Waals surface area contributed by atoms with Crippen LogP contribution in [0, 0.1) is 12.8 Å². The molecular formula is C22H25ClF3N5OS. The van der Waals surface area contributed by atoms with E-state index in [4.69, 9.17) is 4.42 Å². The van der Waals surface area contributed by atoms with Crippen molar-refractivity contribution in [3.05, 3.63) is 47.5 Å². The van der Waals surface area contributed by atoms with Crippen LogP contribution in [0.15, 0.2) is 40.2 Å². The Morgan fingerprint density at radius 2 is 2.03 bits per heavy atom. The highest BCUT2D eigenvalue weighted by molar-refractivity contribution is 7.99. The summed E-state index contributed by atoms with van der Waals surface area (Å²) in [5.74, 6) is 2.44. The number of piperidine rings is 1. The number of alkyl halides is 3. The van der Waals surface area contributed by atoms with Crippen LogP contribution in [0.1, 0.15) is 29.7 Å². The molecule has 5 rings (SSSR count). The zero-order valence-corrected chi connectivity index (χ0v) is 19.9. The van der Waals surface area contributed by atoms with Gasteiger partial charge in [-0.1, -0.05) is 30.0 Å². The third-order valence-corrected chi connectivity index (χ3v) is 7.73. The number of halogens is 4. The molecule has 1 saturated heterocycles. The molecule has 2 aromatic heterocycles. The Labute approximate surface area is 200 Å². The Morgan fingerprint density at radius 1 is 1.24 bits per heavy atom. The number of hydrogen-bond acceptors (Lipinski definition) is 6. The van der Waals surface area contributed by atoms with Gasteiger partial charge >= 0.3 is 6.18 Å². The lowest BCUT2D eigenvalue weighted by atomic mass is 9.90. The number of likely N-dealkylation sites (tertiary alicyclic amines) is 1. The number of rotatable bonds is 7. The highest BCUT2D eigenvalue weighted by Gasteiger charge is 2.62. The molecule has 1 unspecified atom stereocenters. The van der Waals surface area contributed by atoms with Crippen LogP contribution < -0.4 is 0 Å². The second-order valence-electron chi connectivity index (χ2n) is 8.67. The lowest BCUT2D eigenvalue weighted by Gasteiger charge is -2.23. The standard InChI is InChI=1S/C22H24F3N5OS.ClH/c1-14-18(31-13-26-14)19-27-28-20(29(19)2)32-9-5-8-30-11-15-10-21(15,12-30)16-6-3-4-7-17(16)22(23,24)25;/h3-4,6-7,13,15H,5,8-12H2,1-2H3;1H/t15-,21?;/m1./s1. The fourth-order valence-electron chi connectivity index (χ4n) is 4.95. The molecule has 3 aromatic rings. The Balaban J connectivity index is 0.00000259. The molecule has 11 heteroatoms. The second-order valence-corrected chi connectivity index (χ2v) is 9.73. The van der Waals surface area contributed by atoms with Crippen molar-refractivity contribution < 1.29 is 17.6 Å². The van der Waals surface area contributed by atoms with Crippen LogP contribution in [0.2, 0.25) is 0 Å². The van der Waals surface area contributed by atoms with Gasteiger partial charge in [-0.15, -0.1) is 22.6 Å². The van der Waals surface area contributed by atoms with Crippen LogP contribution in [0.5, 0.6) is 0 Å². The zero-order valence-electron chi connectivity index (χ0n) is 18.3. The average Bonchev–Trinajstić information content (AvgIpc) is 3.05. The van der Waals surface area contributed by atoms with Gasteiger partial charge in [-0.2, -0.15) is 13.2 Å². The minimum atomic E-state index is -4.30. The first-order valence-corrected chi connectivity index (χ1v) is 11.6. The number of oxazole rings is 1. The Bertz CT molecular complexity index is 1130. The predicted octanol–water partition coefficient (Wildman–Crippen LogP) is 4.97. The van der Waals surface area contributed by atoms with Gasteiger partial charge in [-0.05, 0) is 43.9 Å². The average molecular weight is 500 g/mol. The van der Waals surface area contributed by atoms with E-state index < -0.39 is 11.7 Å². The summed E-state index contributed by atoms with van der Waals surface area (Å²) in [6.45, 7) is 4.30. The number of aryl methyl sites for hydroxylation is 1. The van der Waals surface area contributed by atoms with E-state index in [1.807, 2.05) is 18.5 Å². The van der Waals surface area contributed by atoms with Crippen molar-refractivity contribution in [1.29, 1.82) is 0 Å². The SMILES string of the molecule is Cc1ncoc1-c1nnc(SCCCN2C[C@H]3CC3(c3ccccc3C(F)(F)F)C2)n1C.Cl. The lowest BCUT2D eigenvalue weighted by molar-refractivity contribution is -0.138. The van der Waals surface area contributed by atoms with Crippen molar-refractivity contribution in [1.82, 2.24) is 24.6 Å². The summed E-state index contributed by atoms with van der Waals surface area (Å²) in [6.07, 6.45) is -1.12. The normalized spacial score (nSPS) is 22.3. The summed E-state index contributed by atoms with van der Waals surface area (Å²) in [6, 6.07) is 6.09. The van der Waals surface area contributed by atoms with E-state index in [0.717, 1.165) is 42.5 Å². The quantitative estimate of drug-likeness (QED) is 0.338. The molecule has 178 valence electrons. The highest BCUT2D eigenvalue weighted by Crippen LogP contribution is 2.60. The van der Waals surface area contributed by atoms with Crippen LogP contribution in [-0.4, -0.2) is 50.0 Å². The molecule has 1 aromatic carbocycles. The Kier molecular flexibility index (Phi) is 6.54. The molecule has 2 atom stereocenters. The van der Waals surface area contributed by atoms with E-state index in [1.165, 1.54) is 18.5 Å². The van der Waals surface area contributed by atoms with Crippen molar-refractivity contribution in [2.75, 3.05) is 25.4 Å². The van der Waals surface area contributed by atoms with Crippen molar-refractivity contribution in [3.63, 3.8) is 0 Å². The van der Waals surface area contributed by atoms with Gasteiger partial charge < -0.3 is 13.9 Å². The highest BCUT2D eigenvalue weighted by atomic mass is 35.5. The Morgan fingerprint density at radius 3 is 2.76 bits per heavy atom. The molecule has 1 aliphatic heterocycles. The third-order valence-electron chi connectivity index (χ3n) is 6.62. The van der Waals surface area contributed by atoms with Gasteiger partial charge in [0.1, 0.15) is 0 Å². The maximum Gasteiger partial charge on any atom is 0.416 e. The molecule has 2 aliphatic rings. The molecule has 0 N–H and O–H groups in total. The molecule has 6 nitrogen and oxygen atoms in total. The number of hydrogen-bond donors (Lipinski definition) is 0. The molecule has 1 saturated carbocycles. The van der Waals surface area contributed by atoms with Gasteiger partial charge in [0.2, 0.25) is 5.82 Å². The fraction of sp³-hybridized carbons (Fsp3) is 0.500. The number of nitrogens with zero attached hydrogens (tertiary/aromatic N) is 5. The summed E-state index contributed by atoms with van der Waals surface area (Å²) in [5, 5.41) is 9.27. The molecule has 0 amide bonds. The maximum absolute atomic E-state index is 13.5. The summed E-state index contributed by atoms with van der Waals surface area (Å²) in [5.41, 5.74) is 0.446. The van der Waals surface area contributed by atoms with Gasteiger partial charge in [0.05, 0.1) is 11.3 Å². The summed E-state index contributed by atoms with van der Waals surface area (Å²) in [7, 11) is 1.90. The van der Waals surface area contributed by atoms with Crippen LogP contribution >= 0.6 is 24.2 Å². The van der Waals surface area contributed by atoms with E-state index >= 15 is 0 Å². The van der Waals surface area contributed by atoms with Gasteiger partial charge in [-0.25, -0.2) is 4.98 Å². The number of aromatic nitrogens is 4. The predicted molar refractivity (Wildman–Crippen MR) is 121 cm³/mol. The Hall–Kier alpha value is -2.04. The number of fused-ring (bicyclic) bond motifs is 1. The molecule has 0 bridgehead atoms. The van der Waals surface area contributed by atoms with E-state index in [1.54, 1.807) is 23.9 Å². The lowest BCUT2D eigenvalue weighted by Crippen LogP contribution is -2.29. The minimum Gasteiger partial charge on any atom is -0.440 e. The minimum absolute atomic E-state index is 0. The van der Waals surface area contributed by atoms with Crippen LogP contribution in [0.4, 0.5) is 13.2 Å². The van der Waals surface area contributed by atoms with Crippen molar-refractivity contribution in [2.24, 2.45) is 13.0 Å². The van der Waals surface area contributed by atoms with Crippen LogP contribution in [0.25, 0.3) is 11.6 Å².